The van der Waals surface area contributed by atoms with Crippen LogP contribution in [0.1, 0.15) is 5.56 Å². The lowest BCUT2D eigenvalue weighted by Gasteiger charge is -2.12. The van der Waals surface area contributed by atoms with Gasteiger partial charge in [-0.3, -0.25) is 4.55 Å². The van der Waals surface area contributed by atoms with Crippen molar-refractivity contribution in [1.82, 2.24) is 0 Å². The molecule has 3 N–H and O–H groups in total. The van der Waals surface area contributed by atoms with Crippen molar-refractivity contribution in [2.75, 3.05) is 5.32 Å². The van der Waals surface area contributed by atoms with E-state index in [1.807, 2.05) is 30.3 Å². The number of nitrogens with one attached hydrogen (secondary N) is 1. The number of anilines is 2. The average Bonchev–Trinajstić information content (AvgIpc) is 2.50. The van der Waals surface area contributed by atoms with Crippen molar-refractivity contribution >= 4 is 32.3 Å². The van der Waals surface area contributed by atoms with E-state index in [0.717, 1.165) is 11.4 Å². The fourth-order valence-corrected chi connectivity index (χ4v) is 3.26. The van der Waals surface area contributed by atoms with Crippen molar-refractivity contribution in [3.05, 3.63) is 60.2 Å². The highest BCUT2D eigenvalue weighted by molar-refractivity contribution is 7.85. The summed E-state index contributed by atoms with van der Waals surface area (Å²) < 4.78 is 32.2. The summed E-state index contributed by atoms with van der Waals surface area (Å²) >= 11 is 0. The second-order valence-corrected chi connectivity index (χ2v) is 6.64. The molecular formula is C17H15NO4S. The van der Waals surface area contributed by atoms with E-state index in [4.69, 9.17) is 0 Å². The lowest BCUT2D eigenvalue weighted by Crippen LogP contribution is -2.01. The Bertz CT molecular complexity index is 982. The highest BCUT2D eigenvalue weighted by Gasteiger charge is 2.18. The van der Waals surface area contributed by atoms with Crippen LogP contribution in [-0.2, 0) is 10.1 Å². The fraction of sp³-hybridized carbons (Fsp3) is 0.0588. The zero-order valence-corrected chi connectivity index (χ0v) is 13.1. The molecule has 0 bridgehead atoms. The molecular weight excluding hydrogens is 314 g/mol. The van der Waals surface area contributed by atoms with Gasteiger partial charge in [0.15, 0.2) is 0 Å². The predicted molar refractivity (Wildman–Crippen MR) is 89.9 cm³/mol. The van der Waals surface area contributed by atoms with Crippen molar-refractivity contribution in [3.8, 4) is 5.75 Å². The number of phenolic OH excluding ortho intramolecular Hbond substituents is 1. The van der Waals surface area contributed by atoms with Gasteiger partial charge in [-0.05, 0) is 48.7 Å². The molecule has 0 heterocycles. The molecule has 3 aromatic rings. The van der Waals surface area contributed by atoms with Gasteiger partial charge in [0, 0.05) is 22.3 Å². The van der Waals surface area contributed by atoms with Gasteiger partial charge in [-0.15, -0.1) is 0 Å². The lowest BCUT2D eigenvalue weighted by molar-refractivity contribution is 0.466. The maximum Gasteiger partial charge on any atom is 0.294 e. The van der Waals surface area contributed by atoms with Gasteiger partial charge in [0.1, 0.15) is 10.6 Å². The van der Waals surface area contributed by atoms with Crippen LogP contribution < -0.4 is 5.32 Å². The van der Waals surface area contributed by atoms with E-state index < -0.39 is 10.1 Å². The number of para-hydroxylation sites is 1. The molecule has 6 heteroatoms. The van der Waals surface area contributed by atoms with Gasteiger partial charge in [-0.2, -0.15) is 8.42 Å². The van der Waals surface area contributed by atoms with Gasteiger partial charge >= 0.3 is 0 Å². The number of hydrogen-bond donors (Lipinski definition) is 3. The number of fused-ring (bicyclic) bond motifs is 1. The van der Waals surface area contributed by atoms with Gasteiger partial charge in [-0.25, -0.2) is 0 Å². The highest BCUT2D eigenvalue weighted by Crippen LogP contribution is 2.35. The van der Waals surface area contributed by atoms with Crippen LogP contribution >= 0.6 is 0 Å². The largest absolute Gasteiger partial charge is 0.507 e. The summed E-state index contributed by atoms with van der Waals surface area (Å²) in [4.78, 5) is -0.292. The summed E-state index contributed by atoms with van der Waals surface area (Å²) in [6.07, 6.45) is 0. The van der Waals surface area contributed by atoms with Gasteiger partial charge in [0.2, 0.25) is 0 Å². The van der Waals surface area contributed by atoms with Crippen LogP contribution in [0, 0.1) is 6.92 Å². The lowest BCUT2D eigenvalue weighted by atomic mass is 10.1. The van der Waals surface area contributed by atoms with E-state index in [-0.39, 0.29) is 16.2 Å². The fourth-order valence-electron chi connectivity index (χ4n) is 2.50. The summed E-state index contributed by atoms with van der Waals surface area (Å²) in [7, 11) is -4.40. The van der Waals surface area contributed by atoms with Gasteiger partial charge in [0.25, 0.3) is 10.1 Å². The topological polar surface area (TPSA) is 86.6 Å². The van der Waals surface area contributed by atoms with Crippen LogP contribution in [0.2, 0.25) is 0 Å². The van der Waals surface area contributed by atoms with E-state index in [1.54, 1.807) is 18.2 Å². The molecule has 0 radical (unpaired) electrons. The molecule has 0 aromatic heterocycles. The molecule has 0 fully saturated rings. The standard InChI is InChI=1S/C17H15NO4S/c1-11-16(23(20,21)22)10-12-9-14(7-8-15(12)17(11)19)18-13-5-3-2-4-6-13/h2-10,18-19H,1H3,(H,20,21,22). The molecule has 3 rings (SSSR count). The predicted octanol–water partition coefficient (Wildman–Crippen LogP) is 3.84. The Kier molecular flexibility index (Phi) is 3.71. The minimum atomic E-state index is -4.40. The molecule has 23 heavy (non-hydrogen) atoms. The first-order valence-corrected chi connectivity index (χ1v) is 8.36. The highest BCUT2D eigenvalue weighted by atomic mass is 32.2. The summed E-state index contributed by atoms with van der Waals surface area (Å²) in [5.41, 5.74) is 1.76. The Morgan fingerprint density at radius 3 is 2.30 bits per heavy atom. The number of benzene rings is 3. The minimum absolute atomic E-state index is 0.128. The molecule has 118 valence electrons. The first kappa shape index (κ1) is 15.3. The quantitative estimate of drug-likeness (QED) is 0.636. The smallest absolute Gasteiger partial charge is 0.294 e. The Morgan fingerprint density at radius 1 is 0.957 bits per heavy atom. The zero-order valence-electron chi connectivity index (χ0n) is 12.3. The Labute approximate surface area is 134 Å². The van der Waals surface area contributed by atoms with Crippen molar-refractivity contribution in [3.63, 3.8) is 0 Å². The number of hydrogen-bond acceptors (Lipinski definition) is 4. The second-order valence-electron chi connectivity index (χ2n) is 5.25. The van der Waals surface area contributed by atoms with E-state index in [0.29, 0.717) is 10.8 Å². The third-order valence-electron chi connectivity index (χ3n) is 3.66. The van der Waals surface area contributed by atoms with Crippen LogP contribution in [0.4, 0.5) is 11.4 Å². The molecule has 0 spiro atoms. The van der Waals surface area contributed by atoms with Crippen LogP contribution in [0.25, 0.3) is 10.8 Å². The summed E-state index contributed by atoms with van der Waals surface area (Å²) in [6.45, 7) is 1.45. The summed E-state index contributed by atoms with van der Waals surface area (Å²) in [6, 6.07) is 16.1. The summed E-state index contributed by atoms with van der Waals surface area (Å²) in [5.74, 6) is -0.151. The first-order chi connectivity index (χ1) is 10.9. The normalized spacial score (nSPS) is 11.6. The van der Waals surface area contributed by atoms with Crippen LogP contribution in [-0.4, -0.2) is 18.1 Å². The maximum atomic E-state index is 11.5. The third-order valence-corrected chi connectivity index (χ3v) is 4.64. The molecule has 0 aliphatic heterocycles. The summed E-state index contributed by atoms with van der Waals surface area (Å²) in [5, 5.41) is 14.4. The van der Waals surface area contributed by atoms with Crippen molar-refractivity contribution < 1.29 is 18.1 Å². The van der Waals surface area contributed by atoms with Gasteiger partial charge in [0.05, 0.1) is 0 Å². The molecule has 0 aliphatic carbocycles. The van der Waals surface area contributed by atoms with Crippen molar-refractivity contribution in [1.29, 1.82) is 0 Å². The van der Waals surface area contributed by atoms with Crippen molar-refractivity contribution in [2.24, 2.45) is 0 Å². The van der Waals surface area contributed by atoms with E-state index in [1.165, 1.54) is 13.0 Å². The molecule has 5 nitrogen and oxygen atoms in total. The molecule has 0 amide bonds. The van der Waals surface area contributed by atoms with E-state index in [2.05, 4.69) is 5.32 Å². The first-order valence-electron chi connectivity index (χ1n) is 6.92. The molecule has 0 saturated heterocycles. The maximum absolute atomic E-state index is 11.5. The zero-order chi connectivity index (χ0) is 16.6. The monoisotopic (exact) mass is 329 g/mol. The number of rotatable bonds is 3. The van der Waals surface area contributed by atoms with Gasteiger partial charge in [-0.1, -0.05) is 18.2 Å². The van der Waals surface area contributed by atoms with Crippen LogP contribution in [0.15, 0.2) is 59.5 Å². The average molecular weight is 329 g/mol. The van der Waals surface area contributed by atoms with Crippen LogP contribution in [0.3, 0.4) is 0 Å². The second kappa shape index (κ2) is 5.57. The Balaban J connectivity index is 2.14. The minimum Gasteiger partial charge on any atom is -0.507 e. The third kappa shape index (κ3) is 2.99. The molecule has 3 aromatic carbocycles. The van der Waals surface area contributed by atoms with E-state index in [9.17, 15) is 18.1 Å². The van der Waals surface area contributed by atoms with Crippen molar-refractivity contribution in [2.45, 2.75) is 11.8 Å². The Hall–Kier alpha value is -2.57. The Morgan fingerprint density at radius 2 is 1.65 bits per heavy atom. The molecule has 0 unspecified atom stereocenters. The molecule has 0 atom stereocenters. The van der Waals surface area contributed by atoms with Crippen LogP contribution in [0.5, 0.6) is 5.75 Å². The number of phenols is 1. The number of aromatic hydroxyl groups is 1. The van der Waals surface area contributed by atoms with E-state index >= 15 is 0 Å². The molecule has 0 saturated carbocycles. The molecule has 0 aliphatic rings. The van der Waals surface area contributed by atoms with Gasteiger partial charge < -0.3 is 10.4 Å². The SMILES string of the molecule is Cc1c(S(=O)(=O)O)cc2cc(Nc3ccccc3)ccc2c1O.